The predicted octanol–water partition coefficient (Wildman–Crippen LogP) is 2.34. The number of methoxy groups -OCH3 is 1. The molecule has 2 aromatic rings. The summed E-state index contributed by atoms with van der Waals surface area (Å²) in [4.78, 5) is 7.06. The van der Waals surface area contributed by atoms with E-state index in [-0.39, 0.29) is 6.61 Å². The van der Waals surface area contributed by atoms with Crippen molar-refractivity contribution in [2.75, 3.05) is 25.2 Å². The number of hydrogen-bond donors (Lipinski definition) is 1. The summed E-state index contributed by atoms with van der Waals surface area (Å²) < 4.78 is 5.20. The van der Waals surface area contributed by atoms with E-state index in [9.17, 15) is 5.11 Å². The molecular weight excluding hydrogens is 252 g/mol. The monoisotopic (exact) mass is 272 g/mol. The number of aliphatic hydroxyl groups excluding tert-OH is 1. The highest BCUT2D eigenvalue weighted by Gasteiger charge is 2.30. The molecule has 3 rings (SSSR count). The minimum Gasteiger partial charge on any atom is -0.392 e. The maximum absolute atomic E-state index is 9.60. The van der Waals surface area contributed by atoms with Gasteiger partial charge in [-0.05, 0) is 30.5 Å². The van der Waals surface area contributed by atoms with Crippen molar-refractivity contribution in [2.45, 2.75) is 25.5 Å². The van der Waals surface area contributed by atoms with Crippen LogP contribution in [0.2, 0.25) is 0 Å². The van der Waals surface area contributed by atoms with Gasteiger partial charge < -0.3 is 14.7 Å². The third-order valence-electron chi connectivity index (χ3n) is 3.78. The first-order valence-corrected chi connectivity index (χ1v) is 7.08. The van der Waals surface area contributed by atoms with Crippen molar-refractivity contribution in [1.82, 2.24) is 4.98 Å². The Labute approximate surface area is 119 Å². The minimum absolute atomic E-state index is 0.0405. The summed E-state index contributed by atoms with van der Waals surface area (Å²) in [5.41, 5.74) is 1.88. The predicted molar refractivity (Wildman–Crippen MR) is 79.9 cm³/mol. The SMILES string of the molecule is COCCN(c1cc(CO)c2ccccc2n1)C1CC1. The summed E-state index contributed by atoms with van der Waals surface area (Å²) in [5.74, 6) is 0.951. The first-order valence-electron chi connectivity index (χ1n) is 7.08. The fourth-order valence-electron chi connectivity index (χ4n) is 2.57. The van der Waals surface area contributed by atoms with Crippen molar-refractivity contribution in [2.24, 2.45) is 0 Å². The van der Waals surface area contributed by atoms with E-state index in [4.69, 9.17) is 9.72 Å². The van der Waals surface area contributed by atoms with E-state index < -0.39 is 0 Å². The smallest absolute Gasteiger partial charge is 0.129 e. The highest BCUT2D eigenvalue weighted by atomic mass is 16.5. The fraction of sp³-hybridized carbons (Fsp3) is 0.438. The molecule has 0 atom stereocenters. The van der Waals surface area contributed by atoms with Crippen LogP contribution in [0.5, 0.6) is 0 Å². The second-order valence-corrected chi connectivity index (χ2v) is 5.23. The van der Waals surface area contributed by atoms with Crippen molar-refractivity contribution in [3.8, 4) is 0 Å². The Kier molecular flexibility index (Phi) is 3.85. The molecule has 4 heteroatoms. The number of benzene rings is 1. The van der Waals surface area contributed by atoms with Gasteiger partial charge in [0.1, 0.15) is 5.82 Å². The second kappa shape index (κ2) is 5.77. The number of rotatable bonds is 6. The lowest BCUT2D eigenvalue weighted by atomic mass is 10.1. The molecule has 106 valence electrons. The number of nitrogens with zero attached hydrogens (tertiary/aromatic N) is 2. The summed E-state index contributed by atoms with van der Waals surface area (Å²) in [6, 6.07) is 10.6. The zero-order valence-electron chi connectivity index (χ0n) is 11.7. The third kappa shape index (κ3) is 2.62. The van der Waals surface area contributed by atoms with Gasteiger partial charge >= 0.3 is 0 Å². The van der Waals surface area contributed by atoms with E-state index >= 15 is 0 Å². The van der Waals surface area contributed by atoms with E-state index in [1.54, 1.807) is 7.11 Å². The third-order valence-corrected chi connectivity index (χ3v) is 3.78. The summed E-state index contributed by atoms with van der Waals surface area (Å²) in [7, 11) is 1.72. The van der Waals surface area contributed by atoms with E-state index in [2.05, 4.69) is 4.90 Å². The molecular formula is C16H20N2O2. The van der Waals surface area contributed by atoms with Crippen LogP contribution >= 0.6 is 0 Å². The summed E-state index contributed by atoms with van der Waals surface area (Å²) >= 11 is 0. The molecule has 1 saturated carbocycles. The normalized spacial score (nSPS) is 14.7. The lowest BCUT2D eigenvalue weighted by Gasteiger charge is -2.24. The topological polar surface area (TPSA) is 45.6 Å². The van der Waals surface area contributed by atoms with Gasteiger partial charge in [0.15, 0.2) is 0 Å². The second-order valence-electron chi connectivity index (χ2n) is 5.23. The van der Waals surface area contributed by atoms with Crippen LogP contribution in [0.4, 0.5) is 5.82 Å². The van der Waals surface area contributed by atoms with Crippen molar-refractivity contribution >= 4 is 16.7 Å². The highest BCUT2D eigenvalue weighted by molar-refractivity contribution is 5.84. The Bertz CT molecular complexity index is 596. The van der Waals surface area contributed by atoms with Gasteiger partial charge in [-0.1, -0.05) is 18.2 Å². The molecule has 1 aromatic carbocycles. The maximum Gasteiger partial charge on any atom is 0.129 e. The zero-order chi connectivity index (χ0) is 13.9. The highest BCUT2D eigenvalue weighted by Crippen LogP contribution is 2.32. The van der Waals surface area contributed by atoms with Crippen LogP contribution in [0.15, 0.2) is 30.3 Å². The van der Waals surface area contributed by atoms with Crippen molar-refractivity contribution in [3.63, 3.8) is 0 Å². The molecule has 1 aliphatic rings. The van der Waals surface area contributed by atoms with Crippen LogP contribution in [0.3, 0.4) is 0 Å². The minimum atomic E-state index is 0.0405. The molecule has 0 saturated heterocycles. The van der Waals surface area contributed by atoms with E-state index in [0.717, 1.165) is 28.8 Å². The van der Waals surface area contributed by atoms with Gasteiger partial charge in [0.2, 0.25) is 0 Å². The van der Waals surface area contributed by atoms with Crippen molar-refractivity contribution < 1.29 is 9.84 Å². The first-order chi connectivity index (χ1) is 9.83. The Hall–Kier alpha value is -1.65. The van der Waals surface area contributed by atoms with Gasteiger partial charge in [0.25, 0.3) is 0 Å². The maximum atomic E-state index is 9.60. The fourth-order valence-corrected chi connectivity index (χ4v) is 2.57. The van der Waals surface area contributed by atoms with Crippen LogP contribution in [0, 0.1) is 0 Å². The van der Waals surface area contributed by atoms with E-state index in [1.807, 2.05) is 30.3 Å². The molecule has 20 heavy (non-hydrogen) atoms. The molecule has 0 radical (unpaired) electrons. The molecule has 4 nitrogen and oxygen atoms in total. The average Bonchev–Trinajstić information content (AvgIpc) is 3.31. The number of anilines is 1. The van der Waals surface area contributed by atoms with Gasteiger partial charge in [-0.2, -0.15) is 0 Å². The average molecular weight is 272 g/mol. The number of aliphatic hydroxyl groups is 1. The lowest BCUT2D eigenvalue weighted by molar-refractivity contribution is 0.204. The van der Waals surface area contributed by atoms with Crippen LogP contribution < -0.4 is 4.90 Å². The van der Waals surface area contributed by atoms with Crippen LogP contribution in [0.1, 0.15) is 18.4 Å². The number of aromatic nitrogens is 1. The quantitative estimate of drug-likeness (QED) is 0.876. The molecule has 0 unspecified atom stereocenters. The molecule has 1 N–H and O–H groups in total. The Balaban J connectivity index is 2.00. The molecule has 0 spiro atoms. The molecule has 0 bridgehead atoms. The Morgan fingerprint density at radius 3 is 2.85 bits per heavy atom. The zero-order valence-corrected chi connectivity index (χ0v) is 11.7. The number of ether oxygens (including phenoxy) is 1. The summed E-state index contributed by atoms with van der Waals surface area (Å²) in [5, 5.41) is 10.6. The van der Waals surface area contributed by atoms with Crippen molar-refractivity contribution in [1.29, 1.82) is 0 Å². The lowest BCUT2D eigenvalue weighted by Crippen LogP contribution is -2.30. The van der Waals surface area contributed by atoms with Crippen LogP contribution in [-0.2, 0) is 11.3 Å². The van der Waals surface area contributed by atoms with E-state index in [1.165, 1.54) is 12.8 Å². The van der Waals surface area contributed by atoms with Gasteiger partial charge in [-0.15, -0.1) is 0 Å². The molecule has 1 aliphatic carbocycles. The molecule has 1 aromatic heterocycles. The number of hydrogen-bond acceptors (Lipinski definition) is 4. The van der Waals surface area contributed by atoms with Crippen LogP contribution in [-0.4, -0.2) is 36.4 Å². The van der Waals surface area contributed by atoms with Gasteiger partial charge in [0.05, 0.1) is 18.7 Å². The molecule has 1 fully saturated rings. The molecule has 0 aliphatic heterocycles. The van der Waals surface area contributed by atoms with Crippen molar-refractivity contribution in [3.05, 3.63) is 35.9 Å². The first kappa shape index (κ1) is 13.3. The number of pyridine rings is 1. The number of para-hydroxylation sites is 1. The number of fused-ring (bicyclic) bond motifs is 1. The van der Waals surface area contributed by atoms with E-state index in [0.29, 0.717) is 12.6 Å². The Morgan fingerprint density at radius 2 is 2.15 bits per heavy atom. The van der Waals surface area contributed by atoms with Gasteiger partial charge in [-0.3, -0.25) is 0 Å². The standard InChI is InChI=1S/C16H20N2O2/c1-20-9-8-18(13-6-7-13)16-10-12(11-19)14-4-2-3-5-15(14)17-16/h2-5,10,13,19H,6-9,11H2,1H3. The van der Waals surface area contributed by atoms with Crippen LogP contribution in [0.25, 0.3) is 10.9 Å². The molecule has 0 amide bonds. The largest absolute Gasteiger partial charge is 0.392 e. The molecule has 1 heterocycles. The summed E-state index contributed by atoms with van der Waals surface area (Å²) in [6.45, 7) is 1.58. The Morgan fingerprint density at radius 1 is 1.35 bits per heavy atom. The summed E-state index contributed by atoms with van der Waals surface area (Å²) in [6.07, 6.45) is 2.43. The van der Waals surface area contributed by atoms with Gasteiger partial charge in [-0.25, -0.2) is 4.98 Å². The van der Waals surface area contributed by atoms with Gasteiger partial charge in [0, 0.05) is 25.1 Å².